The third-order valence-electron chi connectivity index (χ3n) is 13.6. The molecular weight excluding hydrogens is 1340 g/mol. The van der Waals surface area contributed by atoms with Crippen LogP contribution in [0.1, 0.15) is 86.5 Å². The van der Waals surface area contributed by atoms with E-state index in [1.165, 1.54) is 48.5 Å². The Hall–Kier alpha value is -14.2. The van der Waals surface area contributed by atoms with Crippen molar-refractivity contribution < 1.29 is 76.4 Å². The third-order valence-corrected chi connectivity index (χ3v) is 13.6. The van der Waals surface area contributed by atoms with E-state index >= 15 is 0 Å². The van der Waals surface area contributed by atoms with Gasteiger partial charge in [-0.25, -0.2) is 24.0 Å². The molecule has 22 heteroatoms. The standard InChI is InChI=1S/C21H20N2O4.2C21H19NO5.C20H20N2O2/c1-13(2)19(24)22-16-7-5-15(6-8-16)21(26)27-18-11-9-17(10-12-18)23-20(25)14(3)4;1-13(2)19(23)22-16-7-11-18(12-8-16)27-21(25)15-5-9-17(10-6-15)26-20(24)14(3)4;1-13(2)19(23)22-16-7-5-15(6-8-16)21(25)27-18-11-9-17(10-12-18)26-20(24)14(3)4;1-13(2)19(23)21-17-9-5-15(6-10-17)16-7-11-18(12-8-16)22-20(24)14(3)4/h5-12H,1,3H2,2,4H3,(H,22,24)(H,23,25);2*5-12H,1,3H2,2,4H3,(H,22,23);5-12H,1,3H2,2,4H3,(H,21,23)(H,22,24). The van der Waals surface area contributed by atoms with Gasteiger partial charge in [0, 0.05) is 78.7 Å². The molecule has 0 bridgehead atoms. The molecule has 0 atom stereocenters. The fourth-order valence-corrected chi connectivity index (χ4v) is 7.63. The summed E-state index contributed by atoms with van der Waals surface area (Å²) < 4.78 is 26.0. The predicted octanol–water partition coefficient (Wildman–Crippen LogP) is 16.1. The maximum atomic E-state index is 12.2. The molecule has 8 rings (SSSR count). The molecule has 0 aromatic heterocycles. The number of esters is 5. The van der Waals surface area contributed by atoms with Gasteiger partial charge >= 0.3 is 29.8 Å². The topological polar surface area (TPSA) is 306 Å². The van der Waals surface area contributed by atoms with Crippen molar-refractivity contribution in [3.8, 4) is 39.9 Å². The Morgan fingerprint density at radius 1 is 0.210 bits per heavy atom. The highest BCUT2D eigenvalue weighted by atomic mass is 16.6. The molecule has 105 heavy (non-hydrogen) atoms. The molecule has 0 unspecified atom stereocenters. The summed E-state index contributed by atoms with van der Waals surface area (Å²) in [5, 5.41) is 16.2. The monoisotopic (exact) mass is 1410 g/mol. The predicted molar refractivity (Wildman–Crippen MR) is 407 cm³/mol. The number of anilines is 6. The number of benzene rings is 8. The SMILES string of the molecule is C=C(C)C(=O)Nc1ccc(-c2ccc(NC(=O)C(=C)C)cc2)cc1.C=C(C)C(=O)Nc1ccc(C(=O)Oc2ccc(OC(=O)C(=C)C)cc2)cc1.C=C(C)C(=O)Nc1ccc(OC(=O)c2ccc(NC(=O)C(=C)C)cc2)cc1.C=C(C)C(=O)Nc1ccc(OC(=O)c2ccc(OC(=O)C(=C)C)cc2)cc1. The molecule has 6 amide bonds. The molecule has 0 aliphatic heterocycles. The van der Waals surface area contributed by atoms with Gasteiger partial charge in [0.25, 0.3) is 35.4 Å². The van der Waals surface area contributed by atoms with Crippen LogP contribution < -0.4 is 55.6 Å². The number of amides is 6. The smallest absolute Gasteiger partial charge is 0.343 e. The number of carbonyl (C=O) groups is 11. The van der Waals surface area contributed by atoms with Gasteiger partial charge in [-0.05, 0) is 236 Å². The summed E-state index contributed by atoms with van der Waals surface area (Å²) in [5.74, 6) is -2.67. The number of nitrogens with one attached hydrogen (secondary N) is 6. The Balaban J connectivity index is 0.000000252. The van der Waals surface area contributed by atoms with E-state index in [9.17, 15) is 52.7 Å². The van der Waals surface area contributed by atoms with Crippen LogP contribution in [-0.4, -0.2) is 65.3 Å². The van der Waals surface area contributed by atoms with Crippen molar-refractivity contribution in [3.63, 3.8) is 0 Å². The van der Waals surface area contributed by atoms with Crippen molar-refractivity contribution >= 4 is 99.4 Å². The number of rotatable bonds is 23. The Kier molecular flexibility index (Phi) is 30.7. The summed E-state index contributed by atoms with van der Waals surface area (Å²) in [4.78, 5) is 129. The first-order chi connectivity index (χ1) is 49.6. The van der Waals surface area contributed by atoms with Crippen LogP contribution in [-0.2, 0) is 38.4 Å². The van der Waals surface area contributed by atoms with Gasteiger partial charge < -0.3 is 55.6 Å². The lowest BCUT2D eigenvalue weighted by Crippen LogP contribution is -2.13. The molecule has 0 saturated heterocycles. The molecule has 22 nitrogen and oxygen atoms in total. The Labute approximate surface area is 608 Å². The van der Waals surface area contributed by atoms with Crippen LogP contribution in [0.2, 0.25) is 0 Å². The Morgan fingerprint density at radius 2 is 0.362 bits per heavy atom. The van der Waals surface area contributed by atoms with Crippen LogP contribution in [0.4, 0.5) is 34.1 Å². The van der Waals surface area contributed by atoms with Gasteiger partial charge in [0.1, 0.15) is 28.7 Å². The second-order valence-electron chi connectivity index (χ2n) is 23.3. The first kappa shape index (κ1) is 81.5. The van der Waals surface area contributed by atoms with Crippen molar-refractivity contribution in [1.82, 2.24) is 0 Å². The van der Waals surface area contributed by atoms with E-state index in [1.807, 2.05) is 48.5 Å². The fourth-order valence-electron chi connectivity index (χ4n) is 7.63. The highest BCUT2D eigenvalue weighted by Gasteiger charge is 2.16. The lowest BCUT2D eigenvalue weighted by molar-refractivity contribution is -0.130. The van der Waals surface area contributed by atoms with Crippen LogP contribution >= 0.6 is 0 Å². The molecule has 0 fully saturated rings. The van der Waals surface area contributed by atoms with E-state index in [0.29, 0.717) is 102 Å². The van der Waals surface area contributed by atoms with E-state index in [2.05, 4.69) is 84.5 Å². The summed E-state index contributed by atoms with van der Waals surface area (Å²) in [5.41, 5.74) is 9.71. The minimum absolute atomic E-state index is 0.194. The van der Waals surface area contributed by atoms with Crippen LogP contribution in [0.3, 0.4) is 0 Å². The van der Waals surface area contributed by atoms with Gasteiger partial charge in [-0.3, -0.25) is 28.8 Å². The lowest BCUT2D eigenvalue weighted by atomic mass is 10.0. The quantitative estimate of drug-likeness (QED) is 0.0197. The normalized spacial score (nSPS) is 9.87. The molecule has 0 radical (unpaired) electrons. The zero-order valence-corrected chi connectivity index (χ0v) is 59.2. The van der Waals surface area contributed by atoms with E-state index in [4.69, 9.17) is 23.7 Å². The number of hydrogen-bond acceptors (Lipinski definition) is 16. The third kappa shape index (κ3) is 27.8. The molecule has 0 spiro atoms. The molecule has 8 aromatic carbocycles. The summed E-state index contributed by atoms with van der Waals surface area (Å²) in [6, 6.07) is 52.4. The molecule has 0 saturated carbocycles. The molecular formula is C83H78N6O16. The minimum Gasteiger partial charge on any atom is -0.423 e. The molecule has 0 aliphatic carbocycles. The van der Waals surface area contributed by atoms with E-state index in [-0.39, 0.29) is 46.6 Å². The minimum atomic E-state index is -0.563. The maximum Gasteiger partial charge on any atom is 0.343 e. The summed E-state index contributed by atoms with van der Waals surface area (Å²) >= 11 is 0. The number of hydrogen-bond donors (Lipinski definition) is 6. The highest BCUT2D eigenvalue weighted by molar-refractivity contribution is 6.06. The fraction of sp³-hybridized carbons (Fsp3) is 0.0964. The molecule has 0 heterocycles. The number of carbonyl (C=O) groups excluding carboxylic acids is 11. The van der Waals surface area contributed by atoms with Crippen molar-refractivity contribution in [1.29, 1.82) is 0 Å². The van der Waals surface area contributed by atoms with Crippen molar-refractivity contribution in [3.05, 3.63) is 308 Å². The summed E-state index contributed by atoms with van der Waals surface area (Å²) in [7, 11) is 0. The second kappa shape index (κ2) is 39.6. The lowest BCUT2D eigenvalue weighted by Gasteiger charge is -2.08. The van der Waals surface area contributed by atoms with Crippen LogP contribution in [0.25, 0.3) is 11.1 Å². The van der Waals surface area contributed by atoms with Crippen molar-refractivity contribution in [2.45, 2.75) is 55.4 Å². The van der Waals surface area contributed by atoms with Gasteiger partial charge in [-0.2, -0.15) is 0 Å². The van der Waals surface area contributed by atoms with Gasteiger partial charge in [0.2, 0.25) is 0 Å². The first-order valence-electron chi connectivity index (χ1n) is 31.7. The van der Waals surface area contributed by atoms with Crippen LogP contribution in [0, 0.1) is 0 Å². The van der Waals surface area contributed by atoms with E-state index in [1.54, 1.807) is 152 Å². The van der Waals surface area contributed by atoms with Crippen molar-refractivity contribution in [2.75, 3.05) is 31.9 Å². The second-order valence-corrected chi connectivity index (χ2v) is 23.3. The Bertz CT molecular complexity index is 4240. The average molecular weight is 1420 g/mol. The van der Waals surface area contributed by atoms with Gasteiger partial charge in [-0.15, -0.1) is 0 Å². The van der Waals surface area contributed by atoms with E-state index < -0.39 is 29.8 Å². The van der Waals surface area contributed by atoms with Crippen LogP contribution in [0.5, 0.6) is 28.7 Å². The zero-order valence-electron chi connectivity index (χ0n) is 59.2. The molecule has 6 N–H and O–H groups in total. The average Bonchev–Trinajstić information content (AvgIpc) is 0.859. The summed E-state index contributed by atoms with van der Waals surface area (Å²) in [6.07, 6.45) is 0. The number of ether oxygens (including phenoxy) is 5. The highest BCUT2D eigenvalue weighted by Crippen LogP contribution is 2.26. The van der Waals surface area contributed by atoms with E-state index in [0.717, 1.165) is 22.5 Å². The van der Waals surface area contributed by atoms with Gasteiger partial charge in [0.15, 0.2) is 0 Å². The maximum absolute atomic E-state index is 12.2. The molecule has 536 valence electrons. The largest absolute Gasteiger partial charge is 0.423 e. The zero-order chi connectivity index (χ0) is 77.6. The summed E-state index contributed by atoms with van der Waals surface area (Å²) in [6.45, 7) is 41.3. The Morgan fingerprint density at radius 3 is 0.552 bits per heavy atom. The van der Waals surface area contributed by atoms with Crippen LogP contribution in [0.15, 0.2) is 291 Å². The first-order valence-corrected chi connectivity index (χ1v) is 31.7. The van der Waals surface area contributed by atoms with Gasteiger partial charge in [-0.1, -0.05) is 76.9 Å². The van der Waals surface area contributed by atoms with Crippen molar-refractivity contribution in [2.24, 2.45) is 0 Å². The molecule has 8 aromatic rings. The van der Waals surface area contributed by atoms with Gasteiger partial charge in [0.05, 0.1) is 16.7 Å². The molecule has 0 aliphatic rings.